The molecular weight excluding hydrogens is 196 g/mol. The van der Waals surface area contributed by atoms with Gasteiger partial charge in [-0.25, -0.2) is 4.79 Å². The fraction of sp³-hybridized carbons (Fsp3) is 0.400. The van der Waals surface area contributed by atoms with Crippen molar-refractivity contribution in [1.82, 2.24) is 10.5 Å². The molecule has 0 aliphatic heterocycles. The molecule has 0 fully saturated rings. The number of rotatable bonds is 6. The molecule has 1 rings (SSSR count). The lowest BCUT2D eigenvalue weighted by molar-refractivity contribution is -0.137. The number of carbonyl (C=O) groups excluding carboxylic acids is 1. The Labute approximate surface area is 88.1 Å². The molecule has 82 valence electrons. The standard InChI is InChI=1S/C10H14N2O3/c1-2-14-10(13)4-3-6-11-8-9-5-7-15-12-9/h3-5,7,11H,2,6,8H2,1H3/b4-3+. The normalized spacial score (nSPS) is 10.7. The fourth-order valence-corrected chi connectivity index (χ4v) is 0.958. The number of esters is 1. The Bertz CT molecular complexity index is 306. The molecule has 0 saturated carbocycles. The second kappa shape index (κ2) is 6.78. The number of carbonyl (C=O) groups is 1. The zero-order valence-electron chi connectivity index (χ0n) is 8.60. The third kappa shape index (κ3) is 4.97. The molecule has 1 N–H and O–H groups in total. The van der Waals surface area contributed by atoms with Crippen LogP contribution in [-0.2, 0) is 16.1 Å². The van der Waals surface area contributed by atoms with Crippen LogP contribution in [0.3, 0.4) is 0 Å². The average molecular weight is 210 g/mol. The molecule has 0 unspecified atom stereocenters. The first-order chi connectivity index (χ1) is 7.33. The number of hydrogen-bond acceptors (Lipinski definition) is 5. The highest BCUT2D eigenvalue weighted by Crippen LogP contribution is 1.92. The summed E-state index contributed by atoms with van der Waals surface area (Å²) in [7, 11) is 0. The molecule has 0 saturated heterocycles. The predicted molar refractivity (Wildman–Crippen MR) is 54.0 cm³/mol. The van der Waals surface area contributed by atoms with Crippen molar-refractivity contribution in [3.63, 3.8) is 0 Å². The minimum absolute atomic E-state index is 0.319. The van der Waals surface area contributed by atoms with Gasteiger partial charge in [-0.3, -0.25) is 0 Å². The summed E-state index contributed by atoms with van der Waals surface area (Å²) in [6.07, 6.45) is 4.63. The molecule has 5 nitrogen and oxygen atoms in total. The summed E-state index contributed by atoms with van der Waals surface area (Å²) in [4.78, 5) is 10.9. The molecular formula is C10H14N2O3. The molecule has 0 aromatic carbocycles. The molecule has 0 amide bonds. The maximum Gasteiger partial charge on any atom is 0.330 e. The van der Waals surface area contributed by atoms with Gasteiger partial charge in [0.25, 0.3) is 0 Å². The van der Waals surface area contributed by atoms with Crippen LogP contribution in [0.5, 0.6) is 0 Å². The molecule has 0 spiro atoms. The summed E-state index contributed by atoms with van der Waals surface area (Å²) in [5.74, 6) is -0.319. The van der Waals surface area contributed by atoms with Gasteiger partial charge in [0.1, 0.15) is 6.26 Å². The monoisotopic (exact) mass is 210 g/mol. The quantitative estimate of drug-likeness (QED) is 0.429. The Morgan fingerprint density at radius 2 is 2.60 bits per heavy atom. The van der Waals surface area contributed by atoms with Crippen molar-refractivity contribution in [2.75, 3.05) is 13.2 Å². The largest absolute Gasteiger partial charge is 0.463 e. The number of aromatic nitrogens is 1. The molecule has 0 bridgehead atoms. The summed E-state index contributed by atoms with van der Waals surface area (Å²) >= 11 is 0. The smallest absolute Gasteiger partial charge is 0.330 e. The van der Waals surface area contributed by atoms with Crippen molar-refractivity contribution >= 4 is 5.97 Å². The van der Waals surface area contributed by atoms with Gasteiger partial charge in [-0.05, 0) is 6.92 Å². The summed E-state index contributed by atoms with van der Waals surface area (Å²) < 4.78 is 9.37. The second-order valence-corrected chi connectivity index (χ2v) is 2.78. The molecule has 15 heavy (non-hydrogen) atoms. The van der Waals surface area contributed by atoms with Crippen LogP contribution in [0, 0.1) is 0 Å². The van der Waals surface area contributed by atoms with E-state index < -0.39 is 0 Å². The van der Waals surface area contributed by atoms with Crippen LogP contribution in [0.15, 0.2) is 29.0 Å². The van der Waals surface area contributed by atoms with E-state index in [1.807, 2.05) is 0 Å². The highest BCUT2D eigenvalue weighted by Gasteiger charge is 1.94. The zero-order chi connectivity index (χ0) is 10.9. The Kier molecular flexibility index (Phi) is 5.18. The van der Waals surface area contributed by atoms with E-state index in [2.05, 4.69) is 15.0 Å². The van der Waals surface area contributed by atoms with Crippen LogP contribution in [0.25, 0.3) is 0 Å². The van der Waals surface area contributed by atoms with Crippen molar-refractivity contribution in [2.45, 2.75) is 13.5 Å². The average Bonchev–Trinajstić information content (AvgIpc) is 2.70. The maximum absolute atomic E-state index is 10.9. The zero-order valence-corrected chi connectivity index (χ0v) is 8.60. The summed E-state index contributed by atoms with van der Waals surface area (Å²) in [6.45, 7) is 3.37. The second-order valence-electron chi connectivity index (χ2n) is 2.78. The van der Waals surface area contributed by atoms with Gasteiger partial charge in [-0.1, -0.05) is 11.2 Å². The summed E-state index contributed by atoms with van der Waals surface area (Å²) in [6, 6.07) is 1.78. The Hall–Kier alpha value is -1.62. The third-order valence-electron chi connectivity index (χ3n) is 1.60. The van der Waals surface area contributed by atoms with E-state index in [9.17, 15) is 4.79 Å². The van der Waals surface area contributed by atoms with Crippen LogP contribution in [0.1, 0.15) is 12.6 Å². The van der Waals surface area contributed by atoms with E-state index in [1.165, 1.54) is 12.3 Å². The topological polar surface area (TPSA) is 64.4 Å². The summed E-state index contributed by atoms with van der Waals surface area (Å²) in [5.41, 5.74) is 0.833. The van der Waals surface area contributed by atoms with Crippen molar-refractivity contribution in [1.29, 1.82) is 0 Å². The van der Waals surface area contributed by atoms with Gasteiger partial charge < -0.3 is 14.6 Å². The minimum atomic E-state index is -0.319. The Balaban J connectivity index is 2.08. The first-order valence-corrected chi connectivity index (χ1v) is 4.76. The SMILES string of the molecule is CCOC(=O)/C=C/CNCc1ccon1. The van der Waals surface area contributed by atoms with E-state index in [0.29, 0.717) is 19.7 Å². The number of hydrogen-bond donors (Lipinski definition) is 1. The van der Waals surface area contributed by atoms with E-state index in [1.54, 1.807) is 19.1 Å². The van der Waals surface area contributed by atoms with Crippen LogP contribution in [0.2, 0.25) is 0 Å². The van der Waals surface area contributed by atoms with Gasteiger partial charge in [-0.2, -0.15) is 0 Å². The van der Waals surface area contributed by atoms with Crippen molar-refractivity contribution in [3.05, 3.63) is 30.2 Å². The van der Waals surface area contributed by atoms with Gasteiger partial charge in [0, 0.05) is 25.2 Å². The van der Waals surface area contributed by atoms with Crippen LogP contribution >= 0.6 is 0 Å². The van der Waals surface area contributed by atoms with Crippen LogP contribution < -0.4 is 5.32 Å². The van der Waals surface area contributed by atoms with E-state index in [0.717, 1.165) is 5.69 Å². The van der Waals surface area contributed by atoms with Gasteiger partial charge in [-0.15, -0.1) is 0 Å². The lowest BCUT2D eigenvalue weighted by Gasteiger charge is -1.97. The first-order valence-electron chi connectivity index (χ1n) is 4.76. The molecule has 5 heteroatoms. The first kappa shape index (κ1) is 11.5. The van der Waals surface area contributed by atoms with E-state index in [-0.39, 0.29) is 5.97 Å². The number of nitrogens with zero attached hydrogens (tertiary/aromatic N) is 1. The molecule has 0 atom stereocenters. The lowest BCUT2D eigenvalue weighted by atomic mass is 10.4. The van der Waals surface area contributed by atoms with Gasteiger partial charge in [0.05, 0.1) is 12.3 Å². The Morgan fingerprint density at radius 3 is 3.27 bits per heavy atom. The van der Waals surface area contributed by atoms with Crippen LogP contribution in [0.4, 0.5) is 0 Å². The van der Waals surface area contributed by atoms with Crippen molar-refractivity contribution < 1.29 is 14.1 Å². The van der Waals surface area contributed by atoms with Gasteiger partial charge in [0.15, 0.2) is 0 Å². The van der Waals surface area contributed by atoms with Crippen molar-refractivity contribution in [2.24, 2.45) is 0 Å². The van der Waals surface area contributed by atoms with Crippen LogP contribution in [-0.4, -0.2) is 24.3 Å². The molecule has 1 heterocycles. The molecule has 1 aromatic rings. The number of nitrogens with one attached hydrogen (secondary N) is 1. The molecule has 0 radical (unpaired) electrons. The van der Waals surface area contributed by atoms with Crippen molar-refractivity contribution in [3.8, 4) is 0 Å². The molecule has 0 aliphatic rings. The predicted octanol–water partition coefficient (Wildman–Crippen LogP) is 0.883. The van der Waals surface area contributed by atoms with Gasteiger partial charge in [0.2, 0.25) is 0 Å². The lowest BCUT2D eigenvalue weighted by Crippen LogP contribution is -2.13. The summed E-state index contributed by atoms with van der Waals surface area (Å²) in [5, 5.41) is 6.79. The third-order valence-corrected chi connectivity index (χ3v) is 1.60. The highest BCUT2D eigenvalue weighted by atomic mass is 16.5. The van der Waals surface area contributed by atoms with E-state index in [4.69, 9.17) is 4.74 Å². The minimum Gasteiger partial charge on any atom is -0.463 e. The van der Waals surface area contributed by atoms with Gasteiger partial charge >= 0.3 is 5.97 Å². The molecule has 0 aliphatic carbocycles. The number of ether oxygens (including phenoxy) is 1. The highest BCUT2D eigenvalue weighted by molar-refractivity contribution is 5.81. The maximum atomic E-state index is 10.9. The van der Waals surface area contributed by atoms with E-state index >= 15 is 0 Å². The Morgan fingerprint density at radius 1 is 1.73 bits per heavy atom. The fourth-order valence-electron chi connectivity index (χ4n) is 0.958. The molecule has 1 aromatic heterocycles.